The number of rotatable bonds is 3. The lowest BCUT2D eigenvalue weighted by atomic mass is 9.53. The zero-order valence-electron chi connectivity index (χ0n) is 16.0. The molecule has 0 radical (unpaired) electrons. The van der Waals surface area contributed by atoms with E-state index in [4.69, 9.17) is 0 Å². The summed E-state index contributed by atoms with van der Waals surface area (Å²) < 4.78 is 0. The molecule has 142 valence electrons. The molecule has 2 heteroatoms. The van der Waals surface area contributed by atoms with E-state index in [1.54, 1.807) is 0 Å². The minimum atomic E-state index is -0.489. The largest absolute Gasteiger partial charge is 0.378 e. The average Bonchev–Trinajstić information content (AvgIpc) is 3.17. The molecule has 5 rings (SSSR count). The van der Waals surface area contributed by atoms with Crippen LogP contribution in [0.1, 0.15) is 35.4 Å². The first kappa shape index (κ1) is 17.7. The van der Waals surface area contributed by atoms with Crippen molar-refractivity contribution in [1.29, 1.82) is 0 Å². The van der Waals surface area contributed by atoms with Crippen LogP contribution in [0.15, 0.2) is 91.0 Å². The van der Waals surface area contributed by atoms with Crippen LogP contribution in [-0.4, -0.2) is 17.9 Å². The van der Waals surface area contributed by atoms with E-state index in [0.29, 0.717) is 11.8 Å². The van der Waals surface area contributed by atoms with Crippen LogP contribution in [0, 0.1) is 11.8 Å². The molecular formula is C26H27NO. The smallest absolute Gasteiger partial charge is 0.109 e. The normalized spacial score (nSPS) is 28.6. The quantitative estimate of drug-likeness (QED) is 0.701. The lowest BCUT2D eigenvalue weighted by Crippen LogP contribution is -2.49. The van der Waals surface area contributed by atoms with Crippen molar-refractivity contribution in [3.63, 3.8) is 0 Å². The van der Waals surface area contributed by atoms with Crippen molar-refractivity contribution in [2.45, 2.75) is 30.4 Å². The summed E-state index contributed by atoms with van der Waals surface area (Å²) in [7, 11) is 0. The Morgan fingerprint density at radius 3 is 1.86 bits per heavy atom. The van der Waals surface area contributed by atoms with E-state index in [2.05, 4.69) is 96.3 Å². The number of nitrogens with one attached hydrogen (secondary N) is 1. The van der Waals surface area contributed by atoms with Gasteiger partial charge in [0, 0.05) is 17.9 Å². The summed E-state index contributed by atoms with van der Waals surface area (Å²) in [5.74, 6) is 1.04. The zero-order valence-corrected chi connectivity index (χ0v) is 16.0. The van der Waals surface area contributed by atoms with Crippen molar-refractivity contribution in [3.8, 4) is 0 Å². The van der Waals surface area contributed by atoms with Crippen LogP contribution in [0.2, 0.25) is 0 Å². The maximum atomic E-state index is 11.1. The minimum Gasteiger partial charge on any atom is -0.378 e. The van der Waals surface area contributed by atoms with E-state index in [9.17, 15) is 5.11 Å². The van der Waals surface area contributed by atoms with Gasteiger partial charge in [-0.25, -0.2) is 0 Å². The van der Waals surface area contributed by atoms with Crippen LogP contribution in [0.5, 0.6) is 0 Å². The summed E-state index contributed by atoms with van der Waals surface area (Å²) in [5.41, 5.74) is 3.89. The Hall–Kier alpha value is -2.42. The minimum absolute atomic E-state index is 0.149. The molecule has 0 spiro atoms. The van der Waals surface area contributed by atoms with E-state index in [-0.39, 0.29) is 11.3 Å². The topological polar surface area (TPSA) is 32.3 Å². The van der Waals surface area contributed by atoms with Crippen molar-refractivity contribution in [1.82, 2.24) is 5.32 Å². The molecule has 2 nitrogen and oxygen atoms in total. The molecule has 0 aromatic heterocycles. The number of aliphatic hydroxyl groups excluding tert-OH is 1. The first-order valence-electron chi connectivity index (χ1n) is 10.4. The molecule has 4 unspecified atom stereocenters. The van der Waals surface area contributed by atoms with Gasteiger partial charge in [0.1, 0.15) is 6.23 Å². The van der Waals surface area contributed by atoms with Crippen LogP contribution < -0.4 is 5.32 Å². The molecule has 1 heterocycles. The molecular weight excluding hydrogens is 342 g/mol. The Balaban J connectivity index is 1.66. The van der Waals surface area contributed by atoms with Gasteiger partial charge in [-0.2, -0.15) is 0 Å². The molecule has 28 heavy (non-hydrogen) atoms. The van der Waals surface area contributed by atoms with Gasteiger partial charge in [0.2, 0.25) is 0 Å². The molecule has 1 aliphatic carbocycles. The Morgan fingerprint density at radius 2 is 1.29 bits per heavy atom. The molecule has 1 saturated heterocycles. The molecule has 2 N–H and O–H groups in total. The molecule has 4 atom stereocenters. The second kappa shape index (κ2) is 7.20. The fraction of sp³-hybridized carbons (Fsp3) is 0.308. The van der Waals surface area contributed by atoms with E-state index >= 15 is 0 Å². The zero-order chi connectivity index (χ0) is 19.0. The third-order valence-electron chi connectivity index (χ3n) is 7.11. The van der Waals surface area contributed by atoms with Gasteiger partial charge in [0.25, 0.3) is 0 Å². The van der Waals surface area contributed by atoms with Crippen LogP contribution >= 0.6 is 0 Å². The highest BCUT2D eigenvalue weighted by Gasteiger charge is 2.56. The standard InChI is InChI=1S/C26H27NO/c28-25-24-23(18-27-25)22(19-10-4-1-5-11-19)16-17-26(24,20-12-6-2-7-13-20)21-14-8-3-9-15-21/h1-15,22-25,27-28H,16-18H2. The summed E-state index contributed by atoms with van der Waals surface area (Å²) >= 11 is 0. The maximum Gasteiger partial charge on any atom is 0.109 e. The van der Waals surface area contributed by atoms with Crippen molar-refractivity contribution < 1.29 is 5.11 Å². The van der Waals surface area contributed by atoms with Gasteiger partial charge in [-0.1, -0.05) is 91.0 Å². The number of aliphatic hydroxyl groups is 1. The number of fused-ring (bicyclic) bond motifs is 1. The van der Waals surface area contributed by atoms with Crippen molar-refractivity contribution in [3.05, 3.63) is 108 Å². The summed E-state index contributed by atoms with van der Waals surface area (Å²) in [5, 5.41) is 14.5. The molecule has 3 aromatic carbocycles. The van der Waals surface area contributed by atoms with E-state index in [1.165, 1.54) is 16.7 Å². The predicted octanol–water partition coefficient (Wildman–Crippen LogP) is 4.70. The number of hydrogen-bond donors (Lipinski definition) is 2. The van der Waals surface area contributed by atoms with Gasteiger partial charge in [-0.3, -0.25) is 5.32 Å². The van der Waals surface area contributed by atoms with Crippen LogP contribution in [0.4, 0.5) is 0 Å². The van der Waals surface area contributed by atoms with Gasteiger partial charge in [0.15, 0.2) is 0 Å². The van der Waals surface area contributed by atoms with Crippen LogP contribution in [-0.2, 0) is 5.41 Å². The molecule has 3 aromatic rings. The second-order valence-electron chi connectivity index (χ2n) is 8.30. The van der Waals surface area contributed by atoms with Crippen molar-refractivity contribution in [2.75, 3.05) is 6.54 Å². The average molecular weight is 370 g/mol. The van der Waals surface area contributed by atoms with Crippen molar-refractivity contribution in [2.24, 2.45) is 11.8 Å². The summed E-state index contributed by atoms with van der Waals surface area (Å²) in [6.45, 7) is 0.868. The third-order valence-corrected chi connectivity index (χ3v) is 7.11. The van der Waals surface area contributed by atoms with Crippen molar-refractivity contribution >= 4 is 0 Å². The Kier molecular flexibility index (Phi) is 4.54. The Labute approximate surface area is 167 Å². The van der Waals surface area contributed by atoms with Gasteiger partial charge >= 0.3 is 0 Å². The van der Waals surface area contributed by atoms with Gasteiger partial charge in [0.05, 0.1) is 0 Å². The Morgan fingerprint density at radius 1 is 0.750 bits per heavy atom. The lowest BCUT2D eigenvalue weighted by Gasteiger charge is -2.50. The highest BCUT2D eigenvalue weighted by atomic mass is 16.3. The number of hydrogen-bond acceptors (Lipinski definition) is 2. The molecule has 0 amide bonds. The fourth-order valence-electron chi connectivity index (χ4n) is 5.96. The summed E-state index contributed by atoms with van der Waals surface area (Å²) in [4.78, 5) is 0. The molecule has 1 saturated carbocycles. The Bertz CT molecular complexity index is 869. The first-order valence-corrected chi connectivity index (χ1v) is 10.4. The van der Waals surface area contributed by atoms with Crippen LogP contribution in [0.25, 0.3) is 0 Å². The highest BCUT2D eigenvalue weighted by molar-refractivity contribution is 5.43. The van der Waals surface area contributed by atoms with E-state index in [0.717, 1.165) is 19.4 Å². The monoisotopic (exact) mass is 369 g/mol. The predicted molar refractivity (Wildman–Crippen MR) is 113 cm³/mol. The van der Waals surface area contributed by atoms with E-state index in [1.807, 2.05) is 0 Å². The summed E-state index contributed by atoms with van der Waals surface area (Å²) in [6.07, 6.45) is 1.68. The van der Waals surface area contributed by atoms with Gasteiger partial charge in [-0.15, -0.1) is 0 Å². The van der Waals surface area contributed by atoms with Gasteiger partial charge in [-0.05, 0) is 41.4 Å². The lowest BCUT2D eigenvalue weighted by molar-refractivity contribution is 0.0319. The molecule has 2 aliphatic rings. The maximum absolute atomic E-state index is 11.1. The summed E-state index contributed by atoms with van der Waals surface area (Å²) in [6, 6.07) is 32.6. The highest BCUT2D eigenvalue weighted by Crippen LogP contribution is 2.57. The van der Waals surface area contributed by atoms with E-state index < -0.39 is 6.23 Å². The first-order chi connectivity index (χ1) is 13.8. The third kappa shape index (κ3) is 2.71. The second-order valence-corrected chi connectivity index (χ2v) is 8.30. The molecule has 0 bridgehead atoms. The molecule has 1 aliphatic heterocycles. The fourth-order valence-corrected chi connectivity index (χ4v) is 5.96. The SMILES string of the molecule is OC1NCC2C(c3ccccc3)CCC(c3ccccc3)(c3ccccc3)C12. The van der Waals surface area contributed by atoms with Gasteiger partial charge < -0.3 is 5.11 Å². The number of benzene rings is 3. The van der Waals surface area contributed by atoms with Crippen LogP contribution in [0.3, 0.4) is 0 Å². The molecule has 2 fully saturated rings.